The molecule has 0 aromatic heterocycles. The third-order valence-corrected chi connectivity index (χ3v) is 0.720. The maximum atomic E-state index is 9.54. The number of nitriles is 1. The Kier molecular flexibility index (Phi) is 2.66. The lowest BCUT2D eigenvalue weighted by atomic mass is 10.4. The minimum atomic E-state index is -1.16. The summed E-state index contributed by atoms with van der Waals surface area (Å²) in [7, 11) is 0. The summed E-state index contributed by atoms with van der Waals surface area (Å²) in [5.74, 6) is 0. The van der Waals surface area contributed by atoms with Crippen molar-refractivity contribution in [3.63, 3.8) is 0 Å². The molecule has 0 saturated heterocycles. The summed E-state index contributed by atoms with van der Waals surface area (Å²) in [5, 5.41) is 10.3. The smallest absolute Gasteiger partial charge is 0.227 e. The van der Waals surface area contributed by atoms with Gasteiger partial charge >= 0.3 is 0 Å². The number of nitrogens with zero attached hydrogens (tertiary/aromatic N) is 2. The Morgan fingerprint density at radius 3 is 2.50 bits per heavy atom. The minimum Gasteiger partial charge on any atom is -0.391 e. The number of nitrogens with two attached hydrogens (primary N) is 1. The maximum Gasteiger partial charge on any atom is 0.227 e. The molecule has 0 saturated carbocycles. The van der Waals surface area contributed by atoms with Crippen molar-refractivity contribution in [1.29, 1.82) is 5.26 Å². The molecule has 1 unspecified atom stereocenters. The Morgan fingerprint density at radius 2 is 2.50 bits per heavy atom. The molecule has 0 aliphatic rings. The fraction of sp³-hybridized carbons (Fsp3) is 0.333. The molecule has 8 heavy (non-hydrogen) atoms. The van der Waals surface area contributed by atoms with Crippen molar-refractivity contribution in [1.82, 2.24) is 0 Å². The van der Waals surface area contributed by atoms with Crippen LogP contribution in [0, 0.1) is 16.2 Å². The van der Waals surface area contributed by atoms with Gasteiger partial charge in [-0.2, -0.15) is 5.26 Å². The van der Waals surface area contributed by atoms with Gasteiger partial charge in [-0.1, -0.05) is 12.2 Å². The number of hydrogen-bond donors (Lipinski definition) is 1. The van der Waals surface area contributed by atoms with Gasteiger partial charge in [0.05, 0.1) is 0 Å². The molecule has 0 aliphatic heterocycles. The average molecular weight is 129 g/mol. The van der Waals surface area contributed by atoms with Crippen molar-refractivity contribution in [3.05, 3.63) is 4.91 Å². The standard InChI is InChI=1S/C3H3N3OS/c4-1-2(6-7)3(5)8/h2H,(H2,5,8). The molecule has 0 fully saturated rings. The highest BCUT2D eigenvalue weighted by Gasteiger charge is 2.07. The third kappa shape index (κ3) is 1.62. The van der Waals surface area contributed by atoms with Crippen molar-refractivity contribution < 1.29 is 0 Å². The lowest BCUT2D eigenvalue weighted by Gasteiger charge is -1.90. The Balaban J connectivity index is 3.95. The molecule has 0 bridgehead atoms. The second kappa shape index (κ2) is 3.04. The van der Waals surface area contributed by atoms with Gasteiger partial charge in [-0.05, 0) is 5.18 Å². The van der Waals surface area contributed by atoms with E-state index in [-0.39, 0.29) is 4.99 Å². The number of thiocarbonyl (C=S) groups is 1. The fourth-order valence-electron chi connectivity index (χ4n) is 0.139. The Morgan fingerprint density at radius 1 is 2.00 bits per heavy atom. The monoisotopic (exact) mass is 129 g/mol. The highest BCUT2D eigenvalue weighted by Crippen LogP contribution is 1.85. The van der Waals surface area contributed by atoms with Crippen LogP contribution in [-0.2, 0) is 0 Å². The van der Waals surface area contributed by atoms with Crippen LogP contribution < -0.4 is 5.73 Å². The summed E-state index contributed by atoms with van der Waals surface area (Å²) < 4.78 is 0. The van der Waals surface area contributed by atoms with Crippen molar-refractivity contribution in [2.24, 2.45) is 10.9 Å². The number of rotatable bonds is 2. The average Bonchev–Trinajstić information content (AvgIpc) is 1.69. The first-order chi connectivity index (χ1) is 3.72. The van der Waals surface area contributed by atoms with Crippen LogP contribution in [0.5, 0.6) is 0 Å². The number of hydrogen-bond acceptors (Lipinski definition) is 4. The van der Waals surface area contributed by atoms with E-state index in [1.807, 2.05) is 0 Å². The van der Waals surface area contributed by atoms with Crippen LogP contribution in [-0.4, -0.2) is 11.0 Å². The van der Waals surface area contributed by atoms with Crippen molar-refractivity contribution in [2.75, 3.05) is 0 Å². The van der Waals surface area contributed by atoms with E-state index in [0.29, 0.717) is 0 Å². The van der Waals surface area contributed by atoms with Gasteiger partial charge in [0, 0.05) is 0 Å². The van der Waals surface area contributed by atoms with Gasteiger partial charge in [0.25, 0.3) is 0 Å². The minimum absolute atomic E-state index is 0.178. The van der Waals surface area contributed by atoms with E-state index in [9.17, 15) is 4.91 Å². The summed E-state index contributed by atoms with van der Waals surface area (Å²) in [6, 6.07) is 0.344. The van der Waals surface area contributed by atoms with Gasteiger partial charge in [0.1, 0.15) is 11.1 Å². The van der Waals surface area contributed by atoms with Crippen LogP contribution in [0.4, 0.5) is 0 Å². The molecular weight excluding hydrogens is 126 g/mol. The molecular formula is C3H3N3OS. The van der Waals surface area contributed by atoms with Crippen LogP contribution in [0.25, 0.3) is 0 Å². The second-order valence-electron chi connectivity index (χ2n) is 1.04. The first-order valence-electron chi connectivity index (χ1n) is 1.73. The molecule has 0 amide bonds. The first-order valence-corrected chi connectivity index (χ1v) is 2.14. The quantitative estimate of drug-likeness (QED) is 0.418. The summed E-state index contributed by atoms with van der Waals surface area (Å²) in [6.45, 7) is 0. The summed E-state index contributed by atoms with van der Waals surface area (Å²) in [5.41, 5.74) is 4.87. The topological polar surface area (TPSA) is 79.2 Å². The van der Waals surface area contributed by atoms with Gasteiger partial charge in [0.2, 0.25) is 6.04 Å². The van der Waals surface area contributed by atoms with E-state index in [1.54, 1.807) is 0 Å². The lowest BCUT2D eigenvalue weighted by Crippen LogP contribution is -2.22. The summed E-state index contributed by atoms with van der Waals surface area (Å²) >= 11 is 4.28. The molecule has 0 radical (unpaired) electrons. The summed E-state index contributed by atoms with van der Waals surface area (Å²) in [6.07, 6.45) is 0. The van der Waals surface area contributed by atoms with E-state index in [4.69, 9.17) is 11.0 Å². The van der Waals surface area contributed by atoms with Crippen molar-refractivity contribution >= 4 is 17.2 Å². The van der Waals surface area contributed by atoms with E-state index < -0.39 is 6.04 Å². The number of nitroso groups, excluding NO2 is 1. The predicted octanol–water partition coefficient (Wildman–Crippen LogP) is -0.0689. The highest BCUT2D eigenvalue weighted by molar-refractivity contribution is 7.80. The molecule has 0 aromatic rings. The van der Waals surface area contributed by atoms with Crippen LogP contribution in [0.15, 0.2) is 5.18 Å². The molecule has 2 N–H and O–H groups in total. The van der Waals surface area contributed by atoms with Crippen LogP contribution in [0.1, 0.15) is 0 Å². The predicted molar refractivity (Wildman–Crippen MR) is 32.0 cm³/mol. The zero-order chi connectivity index (χ0) is 6.57. The van der Waals surface area contributed by atoms with Gasteiger partial charge in [0.15, 0.2) is 0 Å². The zero-order valence-corrected chi connectivity index (χ0v) is 4.68. The normalized spacial score (nSPS) is 11.4. The largest absolute Gasteiger partial charge is 0.391 e. The SMILES string of the molecule is N#CC(N=O)C(N)=S. The van der Waals surface area contributed by atoms with E-state index in [1.165, 1.54) is 6.07 Å². The molecule has 0 heterocycles. The van der Waals surface area contributed by atoms with Crippen LogP contribution in [0.3, 0.4) is 0 Å². The Hall–Kier alpha value is -1.02. The molecule has 5 heteroatoms. The molecule has 0 spiro atoms. The van der Waals surface area contributed by atoms with Gasteiger partial charge in [-0.15, -0.1) is 4.91 Å². The van der Waals surface area contributed by atoms with Gasteiger partial charge < -0.3 is 5.73 Å². The van der Waals surface area contributed by atoms with Crippen LogP contribution in [0.2, 0.25) is 0 Å². The summed E-state index contributed by atoms with van der Waals surface area (Å²) in [4.78, 5) is 9.36. The first kappa shape index (κ1) is 6.98. The fourth-order valence-corrected chi connectivity index (χ4v) is 0.235. The Bertz CT molecular complexity index is 149. The van der Waals surface area contributed by atoms with Gasteiger partial charge in [-0.3, -0.25) is 0 Å². The van der Waals surface area contributed by atoms with Gasteiger partial charge in [-0.25, -0.2) is 0 Å². The van der Waals surface area contributed by atoms with E-state index >= 15 is 0 Å². The molecule has 0 aliphatic carbocycles. The molecule has 4 nitrogen and oxygen atoms in total. The zero-order valence-electron chi connectivity index (χ0n) is 3.87. The lowest BCUT2D eigenvalue weighted by molar-refractivity contribution is 1.08. The van der Waals surface area contributed by atoms with Crippen molar-refractivity contribution in [3.8, 4) is 6.07 Å². The molecule has 1 atom stereocenters. The van der Waals surface area contributed by atoms with E-state index in [2.05, 4.69) is 17.4 Å². The maximum absolute atomic E-state index is 9.54. The highest BCUT2D eigenvalue weighted by atomic mass is 32.1. The molecule has 42 valence electrons. The van der Waals surface area contributed by atoms with Crippen LogP contribution >= 0.6 is 12.2 Å². The third-order valence-electron chi connectivity index (χ3n) is 0.497. The second-order valence-corrected chi connectivity index (χ2v) is 1.51. The van der Waals surface area contributed by atoms with E-state index in [0.717, 1.165) is 0 Å². The van der Waals surface area contributed by atoms with Crippen molar-refractivity contribution in [2.45, 2.75) is 6.04 Å². The molecule has 0 rings (SSSR count). The Labute approximate surface area is 51.3 Å². The molecule has 0 aromatic carbocycles.